The van der Waals surface area contributed by atoms with Crippen molar-refractivity contribution >= 4 is 27.6 Å². The first-order valence-corrected chi connectivity index (χ1v) is 6.08. The van der Waals surface area contributed by atoms with Crippen LogP contribution in [0.5, 0.6) is 5.75 Å². The van der Waals surface area contributed by atoms with Crippen LogP contribution in [0, 0.1) is 0 Å². The highest BCUT2D eigenvalue weighted by Crippen LogP contribution is 2.32. The van der Waals surface area contributed by atoms with Gasteiger partial charge in [0.25, 0.3) is 0 Å². The monoisotopic (exact) mass is 341 g/mol. The zero-order valence-corrected chi connectivity index (χ0v) is 11.2. The molecular weight excluding hydrogens is 331 g/mol. The van der Waals surface area contributed by atoms with Gasteiger partial charge in [-0.15, -0.1) is 13.2 Å². The van der Waals surface area contributed by atoms with E-state index in [4.69, 9.17) is 5.11 Å². The second kappa shape index (κ2) is 6.65. The number of hydrogen-bond acceptors (Lipinski definition) is 3. The van der Waals surface area contributed by atoms with Crippen molar-refractivity contribution in [3.05, 3.63) is 22.7 Å². The molecule has 1 aromatic carbocycles. The summed E-state index contributed by atoms with van der Waals surface area (Å²) in [5.74, 6) is -1.22. The third-order valence-corrected chi connectivity index (χ3v) is 2.67. The van der Waals surface area contributed by atoms with Gasteiger partial charge in [0.1, 0.15) is 5.75 Å². The van der Waals surface area contributed by atoms with E-state index in [-0.39, 0.29) is 16.6 Å². The summed E-state index contributed by atoms with van der Waals surface area (Å²) in [6, 6.07) is 4.03. The lowest BCUT2D eigenvalue weighted by atomic mass is 10.2. The fourth-order valence-electron chi connectivity index (χ4n) is 1.29. The van der Waals surface area contributed by atoms with Gasteiger partial charge >= 0.3 is 12.3 Å². The number of nitrogens with one attached hydrogen (secondary N) is 1. The maximum atomic E-state index is 12.0. The van der Waals surface area contributed by atoms with Gasteiger partial charge in [-0.05, 0) is 40.5 Å². The minimum Gasteiger partial charge on any atom is -0.481 e. The van der Waals surface area contributed by atoms with Crippen LogP contribution in [0.15, 0.2) is 22.7 Å². The topological polar surface area (TPSA) is 58.6 Å². The Balaban J connectivity index is 2.54. The highest BCUT2D eigenvalue weighted by Gasteiger charge is 2.31. The summed E-state index contributed by atoms with van der Waals surface area (Å²) in [4.78, 5) is 10.3. The van der Waals surface area contributed by atoms with Gasteiger partial charge in [0.05, 0.1) is 4.47 Å². The number of ether oxygens (including phenoxy) is 1. The summed E-state index contributed by atoms with van der Waals surface area (Å²) >= 11 is 2.97. The number of benzene rings is 1. The molecule has 19 heavy (non-hydrogen) atoms. The zero-order chi connectivity index (χ0) is 14.5. The number of alkyl halides is 3. The highest BCUT2D eigenvalue weighted by molar-refractivity contribution is 9.10. The molecule has 0 heterocycles. The SMILES string of the molecule is O=C(O)CCCNc1ccc(OC(F)(F)F)c(Br)c1. The third kappa shape index (κ3) is 6.32. The van der Waals surface area contributed by atoms with Crippen molar-refractivity contribution in [3.63, 3.8) is 0 Å². The van der Waals surface area contributed by atoms with Gasteiger partial charge in [-0.25, -0.2) is 0 Å². The molecule has 0 radical (unpaired) electrons. The van der Waals surface area contributed by atoms with Crippen LogP contribution in [0.4, 0.5) is 18.9 Å². The van der Waals surface area contributed by atoms with E-state index in [2.05, 4.69) is 26.0 Å². The Labute approximate surface area is 115 Å². The van der Waals surface area contributed by atoms with Crippen LogP contribution in [-0.2, 0) is 4.79 Å². The van der Waals surface area contributed by atoms with Gasteiger partial charge in [0.2, 0.25) is 0 Å². The lowest BCUT2D eigenvalue weighted by Crippen LogP contribution is -2.17. The lowest BCUT2D eigenvalue weighted by molar-refractivity contribution is -0.274. The number of carbonyl (C=O) groups is 1. The van der Waals surface area contributed by atoms with Crippen LogP contribution in [0.2, 0.25) is 0 Å². The molecule has 1 rings (SSSR count). The molecule has 2 N–H and O–H groups in total. The summed E-state index contributed by atoms with van der Waals surface area (Å²) in [5.41, 5.74) is 0.576. The van der Waals surface area contributed by atoms with Crippen LogP contribution in [0.25, 0.3) is 0 Å². The highest BCUT2D eigenvalue weighted by atomic mass is 79.9. The van der Waals surface area contributed by atoms with E-state index in [0.29, 0.717) is 18.7 Å². The molecule has 8 heteroatoms. The average molecular weight is 342 g/mol. The Kier molecular flexibility index (Phi) is 5.46. The fraction of sp³-hybridized carbons (Fsp3) is 0.364. The maximum absolute atomic E-state index is 12.0. The molecule has 0 fully saturated rings. The molecule has 0 atom stereocenters. The predicted molar refractivity (Wildman–Crippen MR) is 66.2 cm³/mol. The second-order valence-corrected chi connectivity index (χ2v) is 4.47. The summed E-state index contributed by atoms with van der Waals surface area (Å²) in [6.07, 6.45) is -4.28. The van der Waals surface area contributed by atoms with Gasteiger partial charge in [-0.3, -0.25) is 4.79 Å². The number of rotatable bonds is 6. The van der Waals surface area contributed by atoms with Crippen LogP contribution >= 0.6 is 15.9 Å². The minimum atomic E-state index is -4.74. The van der Waals surface area contributed by atoms with Gasteiger partial charge < -0.3 is 15.2 Å². The Bertz CT molecular complexity index is 451. The first-order valence-electron chi connectivity index (χ1n) is 5.29. The molecule has 0 aliphatic heterocycles. The predicted octanol–water partition coefficient (Wildman–Crippen LogP) is 3.62. The van der Waals surface area contributed by atoms with Crippen LogP contribution in [0.1, 0.15) is 12.8 Å². The fourth-order valence-corrected chi connectivity index (χ4v) is 1.75. The van der Waals surface area contributed by atoms with Crippen molar-refractivity contribution in [3.8, 4) is 5.75 Å². The Morgan fingerprint density at radius 3 is 2.63 bits per heavy atom. The summed E-state index contributed by atoms with van der Waals surface area (Å²) in [7, 11) is 0. The average Bonchev–Trinajstić information content (AvgIpc) is 2.26. The first-order chi connectivity index (χ1) is 8.78. The molecule has 0 saturated heterocycles. The van der Waals surface area contributed by atoms with E-state index in [1.807, 2.05) is 0 Å². The second-order valence-electron chi connectivity index (χ2n) is 3.62. The number of carboxylic acids is 1. The van der Waals surface area contributed by atoms with Crippen molar-refractivity contribution in [2.24, 2.45) is 0 Å². The minimum absolute atomic E-state index is 0.0312. The number of anilines is 1. The maximum Gasteiger partial charge on any atom is 0.573 e. The smallest absolute Gasteiger partial charge is 0.481 e. The largest absolute Gasteiger partial charge is 0.573 e. The molecule has 1 aromatic rings. The summed E-state index contributed by atoms with van der Waals surface area (Å²) in [5, 5.41) is 11.3. The summed E-state index contributed by atoms with van der Waals surface area (Å²) in [6.45, 7) is 0.415. The zero-order valence-electron chi connectivity index (χ0n) is 9.63. The van der Waals surface area contributed by atoms with Crippen LogP contribution < -0.4 is 10.1 Å². The molecule has 106 valence electrons. The van der Waals surface area contributed by atoms with Gasteiger partial charge in [-0.2, -0.15) is 0 Å². The van der Waals surface area contributed by atoms with E-state index < -0.39 is 12.3 Å². The van der Waals surface area contributed by atoms with E-state index in [9.17, 15) is 18.0 Å². The van der Waals surface area contributed by atoms with Crippen molar-refractivity contribution in [1.82, 2.24) is 0 Å². The molecule has 0 unspecified atom stereocenters. The van der Waals surface area contributed by atoms with Gasteiger partial charge in [0, 0.05) is 18.7 Å². The quantitative estimate of drug-likeness (QED) is 0.776. The Morgan fingerprint density at radius 2 is 2.11 bits per heavy atom. The van der Waals surface area contributed by atoms with Crippen LogP contribution in [0.3, 0.4) is 0 Å². The van der Waals surface area contributed by atoms with Crippen molar-refractivity contribution in [2.45, 2.75) is 19.2 Å². The molecule has 0 saturated carbocycles. The van der Waals surface area contributed by atoms with E-state index in [0.717, 1.165) is 0 Å². The molecule has 0 aliphatic rings. The molecule has 0 amide bonds. The molecule has 0 bridgehead atoms. The number of carboxylic acid groups (broad SMARTS) is 1. The lowest BCUT2D eigenvalue weighted by Gasteiger charge is -2.12. The van der Waals surface area contributed by atoms with Gasteiger partial charge in [0.15, 0.2) is 0 Å². The normalized spacial score (nSPS) is 11.2. The van der Waals surface area contributed by atoms with E-state index in [1.54, 1.807) is 0 Å². The molecular formula is C11H11BrF3NO3. The van der Waals surface area contributed by atoms with Gasteiger partial charge in [-0.1, -0.05) is 0 Å². The Hall–Kier alpha value is -1.44. The molecule has 0 aliphatic carbocycles. The molecule has 0 spiro atoms. The summed E-state index contributed by atoms with van der Waals surface area (Å²) < 4.78 is 40.0. The number of aliphatic carboxylic acids is 1. The number of halogens is 4. The first kappa shape index (κ1) is 15.6. The van der Waals surface area contributed by atoms with Crippen molar-refractivity contribution in [1.29, 1.82) is 0 Å². The number of hydrogen-bond donors (Lipinski definition) is 2. The van der Waals surface area contributed by atoms with Crippen molar-refractivity contribution in [2.75, 3.05) is 11.9 Å². The standard InChI is InChI=1S/C11H11BrF3NO3/c12-8-6-7(16-5-1-2-10(17)18)3-4-9(8)19-11(13,14)15/h3-4,6,16H,1-2,5H2,(H,17,18). The van der Waals surface area contributed by atoms with E-state index in [1.165, 1.54) is 18.2 Å². The van der Waals surface area contributed by atoms with E-state index >= 15 is 0 Å². The Morgan fingerprint density at radius 1 is 1.42 bits per heavy atom. The molecule has 4 nitrogen and oxygen atoms in total. The third-order valence-electron chi connectivity index (χ3n) is 2.05. The molecule has 0 aromatic heterocycles. The van der Waals surface area contributed by atoms with Crippen molar-refractivity contribution < 1.29 is 27.8 Å². The van der Waals surface area contributed by atoms with Crippen LogP contribution in [-0.4, -0.2) is 24.0 Å².